The van der Waals surface area contributed by atoms with Crippen LogP contribution in [0.25, 0.3) is 0 Å². The van der Waals surface area contributed by atoms with Crippen molar-refractivity contribution in [1.29, 1.82) is 0 Å². The van der Waals surface area contributed by atoms with E-state index in [4.69, 9.17) is 0 Å². The molecule has 0 aliphatic heterocycles. The van der Waals surface area contributed by atoms with Crippen LogP contribution in [-0.4, -0.2) is 29.1 Å². The van der Waals surface area contributed by atoms with Crippen LogP contribution in [-0.2, 0) is 16.0 Å². The van der Waals surface area contributed by atoms with E-state index in [9.17, 15) is 14.7 Å². The van der Waals surface area contributed by atoms with Gasteiger partial charge in [0.2, 0.25) is 11.8 Å². The maximum Gasteiger partial charge on any atom is 0.226 e. The third-order valence-electron chi connectivity index (χ3n) is 7.70. The minimum atomic E-state index is -0.673. The van der Waals surface area contributed by atoms with Gasteiger partial charge in [-0.25, -0.2) is 0 Å². The van der Waals surface area contributed by atoms with Gasteiger partial charge in [0.1, 0.15) is 0 Å². The molecule has 0 spiro atoms. The molecule has 4 saturated carbocycles. The number of carbonyl (C=O) groups is 2. The Morgan fingerprint density at radius 3 is 2.62 bits per heavy atom. The summed E-state index contributed by atoms with van der Waals surface area (Å²) in [5.41, 5.74) is 0.951. The van der Waals surface area contributed by atoms with Gasteiger partial charge in [-0.15, -0.1) is 0 Å². The van der Waals surface area contributed by atoms with E-state index in [1.54, 1.807) is 0 Å². The van der Waals surface area contributed by atoms with Crippen molar-refractivity contribution in [2.75, 3.05) is 11.9 Å². The highest BCUT2D eigenvalue weighted by atomic mass is 16.3. The molecule has 5 heteroatoms. The first-order chi connectivity index (χ1) is 13.8. The van der Waals surface area contributed by atoms with E-state index in [-0.39, 0.29) is 23.7 Å². The van der Waals surface area contributed by atoms with Gasteiger partial charge < -0.3 is 15.7 Å². The standard InChI is InChI=1S/C24H34N2O3/c1-3-18-7-5-6-8-19(18)26-20(27)9-10-25-21(28)23-12-17-11-22(4-2,14-23)15-24(29,13-17)16-23/h5-8,17,29H,3-4,9-16H2,1-2H3,(H,25,28)(H,26,27). The van der Waals surface area contributed by atoms with Crippen LogP contribution in [0.3, 0.4) is 0 Å². The zero-order chi connectivity index (χ0) is 20.7. The lowest BCUT2D eigenvalue weighted by atomic mass is 9.42. The van der Waals surface area contributed by atoms with Crippen LogP contribution in [0.5, 0.6) is 0 Å². The topological polar surface area (TPSA) is 78.4 Å². The largest absolute Gasteiger partial charge is 0.390 e. The zero-order valence-electron chi connectivity index (χ0n) is 17.7. The molecule has 5 rings (SSSR count). The summed E-state index contributed by atoms with van der Waals surface area (Å²) in [4.78, 5) is 25.5. The van der Waals surface area contributed by atoms with Gasteiger partial charge in [0.15, 0.2) is 0 Å². The summed E-state index contributed by atoms with van der Waals surface area (Å²) >= 11 is 0. The quantitative estimate of drug-likeness (QED) is 0.654. The van der Waals surface area contributed by atoms with Crippen molar-refractivity contribution in [1.82, 2.24) is 5.32 Å². The fraction of sp³-hybridized carbons (Fsp3) is 0.667. The van der Waals surface area contributed by atoms with Crippen molar-refractivity contribution in [2.45, 2.75) is 77.2 Å². The molecule has 4 bridgehead atoms. The van der Waals surface area contributed by atoms with E-state index < -0.39 is 11.0 Å². The minimum Gasteiger partial charge on any atom is -0.390 e. The highest BCUT2D eigenvalue weighted by molar-refractivity contribution is 5.92. The van der Waals surface area contributed by atoms with Crippen molar-refractivity contribution >= 4 is 17.5 Å². The molecule has 0 heterocycles. The second-order valence-corrected chi connectivity index (χ2v) is 9.93. The molecule has 0 radical (unpaired) electrons. The molecule has 0 saturated heterocycles. The number of carbonyl (C=O) groups excluding carboxylic acids is 2. The number of para-hydroxylation sites is 1. The van der Waals surface area contributed by atoms with E-state index in [1.807, 2.05) is 24.3 Å². The molecule has 4 fully saturated rings. The number of benzene rings is 1. The Bertz CT molecular complexity index is 809. The van der Waals surface area contributed by atoms with Crippen LogP contribution >= 0.6 is 0 Å². The number of aliphatic hydroxyl groups is 1. The number of nitrogens with one attached hydrogen (secondary N) is 2. The molecule has 4 aliphatic rings. The second kappa shape index (κ2) is 7.42. The smallest absolute Gasteiger partial charge is 0.226 e. The van der Waals surface area contributed by atoms with E-state index in [2.05, 4.69) is 24.5 Å². The van der Waals surface area contributed by atoms with Gasteiger partial charge in [0, 0.05) is 18.7 Å². The molecule has 1 aromatic carbocycles. The Hall–Kier alpha value is -1.88. The third kappa shape index (κ3) is 3.81. The number of anilines is 1. The maximum absolute atomic E-state index is 13.2. The molecule has 1 aromatic rings. The predicted octanol–water partition coefficient (Wildman–Crippen LogP) is 3.81. The number of hydrogen-bond acceptors (Lipinski definition) is 3. The summed E-state index contributed by atoms with van der Waals surface area (Å²) < 4.78 is 0. The number of rotatable bonds is 7. The molecular weight excluding hydrogens is 364 g/mol. The van der Waals surface area contributed by atoms with Crippen LogP contribution in [0, 0.1) is 16.7 Å². The number of amides is 2. The summed E-state index contributed by atoms with van der Waals surface area (Å²) in [6.07, 6.45) is 7.35. The Kier molecular flexibility index (Phi) is 5.22. The first-order valence-electron chi connectivity index (χ1n) is 11.2. The molecule has 4 atom stereocenters. The van der Waals surface area contributed by atoms with Crippen molar-refractivity contribution < 1.29 is 14.7 Å². The van der Waals surface area contributed by atoms with Crippen LogP contribution < -0.4 is 10.6 Å². The summed E-state index contributed by atoms with van der Waals surface area (Å²) in [6.45, 7) is 4.59. The monoisotopic (exact) mass is 398 g/mol. The van der Waals surface area contributed by atoms with Crippen molar-refractivity contribution in [2.24, 2.45) is 16.7 Å². The van der Waals surface area contributed by atoms with Crippen LogP contribution in [0.2, 0.25) is 0 Å². The van der Waals surface area contributed by atoms with E-state index >= 15 is 0 Å². The van der Waals surface area contributed by atoms with E-state index in [0.717, 1.165) is 56.2 Å². The highest BCUT2D eigenvalue weighted by Crippen LogP contribution is 2.67. The van der Waals surface area contributed by atoms with Gasteiger partial charge in [-0.3, -0.25) is 9.59 Å². The lowest BCUT2D eigenvalue weighted by Crippen LogP contribution is -2.63. The van der Waals surface area contributed by atoms with Crippen molar-refractivity contribution in [3.63, 3.8) is 0 Å². The maximum atomic E-state index is 13.2. The molecule has 158 valence electrons. The molecule has 5 nitrogen and oxygen atoms in total. The van der Waals surface area contributed by atoms with Crippen molar-refractivity contribution in [3.05, 3.63) is 29.8 Å². The average Bonchev–Trinajstić information content (AvgIpc) is 2.66. The molecule has 4 unspecified atom stereocenters. The average molecular weight is 399 g/mol. The van der Waals surface area contributed by atoms with E-state index in [1.165, 1.54) is 0 Å². The van der Waals surface area contributed by atoms with E-state index in [0.29, 0.717) is 18.9 Å². The molecule has 2 amide bonds. The first kappa shape index (κ1) is 20.4. The molecule has 3 N–H and O–H groups in total. The Morgan fingerprint density at radius 1 is 1.10 bits per heavy atom. The molecular formula is C24H34N2O3. The van der Waals surface area contributed by atoms with Gasteiger partial charge in [0.05, 0.1) is 11.0 Å². The SMILES string of the molecule is CCc1ccccc1NC(=O)CCNC(=O)C12CC3CC(O)(CC(CC)(C3)C1)C2. The van der Waals surface area contributed by atoms with Gasteiger partial charge in [0.25, 0.3) is 0 Å². The first-order valence-corrected chi connectivity index (χ1v) is 11.2. The van der Waals surface area contributed by atoms with Gasteiger partial charge in [-0.05, 0) is 67.9 Å². The summed E-state index contributed by atoms with van der Waals surface area (Å²) in [6, 6.07) is 7.81. The predicted molar refractivity (Wildman–Crippen MR) is 113 cm³/mol. The lowest BCUT2D eigenvalue weighted by Gasteiger charge is -2.64. The van der Waals surface area contributed by atoms with Crippen LogP contribution in [0.1, 0.15) is 70.8 Å². The van der Waals surface area contributed by atoms with Crippen LogP contribution in [0.15, 0.2) is 24.3 Å². The Morgan fingerprint density at radius 2 is 1.90 bits per heavy atom. The third-order valence-corrected chi connectivity index (χ3v) is 7.70. The summed E-state index contributed by atoms with van der Waals surface area (Å²) in [7, 11) is 0. The second-order valence-electron chi connectivity index (χ2n) is 9.93. The minimum absolute atomic E-state index is 0.0413. The Balaban J connectivity index is 1.35. The van der Waals surface area contributed by atoms with Crippen LogP contribution in [0.4, 0.5) is 5.69 Å². The van der Waals surface area contributed by atoms with Gasteiger partial charge >= 0.3 is 0 Å². The molecule has 0 aromatic heterocycles. The zero-order valence-corrected chi connectivity index (χ0v) is 17.7. The van der Waals surface area contributed by atoms with Gasteiger partial charge in [-0.1, -0.05) is 38.5 Å². The normalized spacial score (nSPS) is 34.8. The highest BCUT2D eigenvalue weighted by Gasteiger charge is 2.64. The Labute approximate surface area is 173 Å². The fourth-order valence-corrected chi connectivity index (χ4v) is 6.87. The van der Waals surface area contributed by atoms with Crippen molar-refractivity contribution in [3.8, 4) is 0 Å². The molecule has 29 heavy (non-hydrogen) atoms. The fourth-order valence-electron chi connectivity index (χ4n) is 6.87. The lowest BCUT2D eigenvalue weighted by molar-refractivity contribution is -0.204. The number of hydrogen-bond donors (Lipinski definition) is 3. The molecule has 4 aliphatic carbocycles. The summed E-state index contributed by atoms with van der Waals surface area (Å²) in [5, 5.41) is 17.1. The number of aryl methyl sites for hydroxylation is 1. The van der Waals surface area contributed by atoms with Gasteiger partial charge in [-0.2, -0.15) is 0 Å². The summed E-state index contributed by atoms with van der Waals surface area (Å²) in [5.74, 6) is 0.413.